The zero-order valence-corrected chi connectivity index (χ0v) is 18.7. The highest BCUT2D eigenvalue weighted by atomic mass is 19.4. The minimum absolute atomic E-state index is 0.00166. The molecule has 0 spiro atoms. The minimum atomic E-state index is -5.03. The van der Waals surface area contributed by atoms with Gasteiger partial charge in [0.2, 0.25) is 0 Å². The first-order valence-corrected chi connectivity index (χ1v) is 11.3. The van der Waals surface area contributed by atoms with Crippen LogP contribution in [-0.2, 0) is 17.1 Å². The Morgan fingerprint density at radius 3 is 1.94 bits per heavy atom. The molecule has 0 saturated carbocycles. The fourth-order valence-electron chi connectivity index (χ4n) is 4.96. The number of alkyl halides is 6. The van der Waals surface area contributed by atoms with Crippen LogP contribution < -0.4 is 0 Å². The molecule has 2 aliphatic rings. The van der Waals surface area contributed by atoms with Gasteiger partial charge in [-0.25, -0.2) is 0 Å². The number of hydrogen-bond donors (Lipinski definition) is 0. The van der Waals surface area contributed by atoms with Crippen LogP contribution in [0.25, 0.3) is 0 Å². The Hall–Kier alpha value is -2.88. The maximum Gasteiger partial charge on any atom is 0.416 e. The largest absolute Gasteiger partial charge is 0.416 e. The number of amides is 1. The average molecular weight is 498 g/mol. The number of halogens is 6. The molecule has 35 heavy (non-hydrogen) atoms. The zero-order chi connectivity index (χ0) is 25.4. The van der Waals surface area contributed by atoms with E-state index in [-0.39, 0.29) is 36.9 Å². The topological polar surface area (TPSA) is 40.6 Å². The summed E-state index contributed by atoms with van der Waals surface area (Å²) in [6, 6.07) is 10.3. The minimum Gasteiger partial charge on any atom is -0.338 e. The van der Waals surface area contributed by atoms with Crippen LogP contribution in [0.2, 0.25) is 0 Å². The summed E-state index contributed by atoms with van der Waals surface area (Å²) in [7, 11) is 0. The first kappa shape index (κ1) is 25.2. The van der Waals surface area contributed by atoms with E-state index in [1.54, 1.807) is 0 Å². The Kier molecular flexibility index (Phi) is 6.95. The molecule has 2 aromatic carbocycles. The molecular weight excluding hydrogens is 474 g/mol. The molecule has 2 heterocycles. The van der Waals surface area contributed by atoms with Crippen molar-refractivity contribution in [2.24, 2.45) is 0 Å². The van der Waals surface area contributed by atoms with Gasteiger partial charge in [0.05, 0.1) is 11.1 Å². The van der Waals surface area contributed by atoms with E-state index in [1.807, 2.05) is 30.3 Å². The maximum atomic E-state index is 13.3. The smallest absolute Gasteiger partial charge is 0.338 e. The molecule has 2 atom stereocenters. The van der Waals surface area contributed by atoms with E-state index in [0.717, 1.165) is 5.56 Å². The molecule has 0 radical (unpaired) electrons. The molecule has 4 nitrogen and oxygen atoms in total. The lowest BCUT2D eigenvalue weighted by Crippen LogP contribution is -2.53. The second-order valence-electron chi connectivity index (χ2n) is 8.99. The highest BCUT2D eigenvalue weighted by molar-refractivity contribution is 5.95. The van der Waals surface area contributed by atoms with Crippen LogP contribution >= 0.6 is 0 Å². The van der Waals surface area contributed by atoms with Crippen molar-refractivity contribution in [3.8, 4) is 0 Å². The molecule has 2 aliphatic heterocycles. The van der Waals surface area contributed by atoms with Crippen LogP contribution in [0.1, 0.15) is 52.2 Å². The van der Waals surface area contributed by atoms with Gasteiger partial charge >= 0.3 is 12.4 Å². The van der Waals surface area contributed by atoms with Crippen LogP contribution in [-0.4, -0.2) is 53.7 Å². The molecule has 0 aromatic heterocycles. The van der Waals surface area contributed by atoms with Crippen LogP contribution in [0.4, 0.5) is 26.3 Å². The van der Waals surface area contributed by atoms with Crippen molar-refractivity contribution in [3.63, 3.8) is 0 Å². The summed E-state index contributed by atoms with van der Waals surface area (Å²) in [6.45, 7) is 1.51. The second kappa shape index (κ2) is 9.64. The van der Waals surface area contributed by atoms with E-state index >= 15 is 0 Å². The molecule has 2 saturated heterocycles. The lowest BCUT2D eigenvalue weighted by Gasteiger charge is -2.45. The molecule has 2 fully saturated rings. The molecule has 2 aromatic rings. The van der Waals surface area contributed by atoms with Gasteiger partial charge in [-0.2, -0.15) is 26.3 Å². The number of likely N-dealkylation sites (tertiary alicyclic amines) is 2. The van der Waals surface area contributed by atoms with Crippen molar-refractivity contribution in [1.29, 1.82) is 0 Å². The lowest BCUT2D eigenvalue weighted by atomic mass is 9.83. The quantitative estimate of drug-likeness (QED) is 0.533. The second-order valence-corrected chi connectivity index (χ2v) is 8.99. The third-order valence-electron chi connectivity index (χ3n) is 6.75. The zero-order valence-electron chi connectivity index (χ0n) is 18.7. The monoisotopic (exact) mass is 498 g/mol. The third-order valence-corrected chi connectivity index (χ3v) is 6.75. The SMILES string of the molecule is O=C1CCN([C@@H]2CCN(C(=O)c3cc(C(F)(F)F)cc(C(F)(F)F)c3)C[C@@H]2c2ccccc2)CC1. The van der Waals surface area contributed by atoms with E-state index in [2.05, 4.69) is 4.90 Å². The van der Waals surface area contributed by atoms with E-state index < -0.39 is 35.0 Å². The van der Waals surface area contributed by atoms with E-state index in [4.69, 9.17) is 0 Å². The summed E-state index contributed by atoms with van der Waals surface area (Å²) < 4.78 is 79.7. The summed E-state index contributed by atoms with van der Waals surface area (Å²) in [5, 5.41) is 0. The molecular formula is C25H24F6N2O2. The van der Waals surface area contributed by atoms with Gasteiger partial charge in [-0.05, 0) is 30.2 Å². The maximum absolute atomic E-state index is 13.3. The number of nitrogens with zero attached hydrogens (tertiary/aromatic N) is 2. The molecule has 0 unspecified atom stereocenters. The number of hydrogen-bond acceptors (Lipinski definition) is 3. The number of ketones is 1. The predicted octanol–water partition coefficient (Wildman–Crippen LogP) is 5.39. The number of benzene rings is 2. The van der Waals surface area contributed by atoms with Crippen molar-refractivity contribution >= 4 is 11.7 Å². The molecule has 0 aliphatic carbocycles. The highest BCUT2D eigenvalue weighted by Gasteiger charge is 2.40. The van der Waals surface area contributed by atoms with Gasteiger partial charge in [0, 0.05) is 56.5 Å². The first-order valence-electron chi connectivity index (χ1n) is 11.3. The lowest BCUT2D eigenvalue weighted by molar-refractivity contribution is -0.143. The number of rotatable bonds is 3. The van der Waals surface area contributed by atoms with Gasteiger partial charge in [0.1, 0.15) is 5.78 Å². The fraction of sp³-hybridized carbons (Fsp3) is 0.440. The Morgan fingerprint density at radius 1 is 0.829 bits per heavy atom. The average Bonchev–Trinajstić information content (AvgIpc) is 2.83. The number of piperidine rings is 2. The van der Waals surface area contributed by atoms with Crippen molar-refractivity contribution in [2.45, 2.75) is 43.6 Å². The Labute approximate surface area is 198 Å². The van der Waals surface area contributed by atoms with Crippen LogP contribution in [0.15, 0.2) is 48.5 Å². The number of carbonyl (C=O) groups excluding carboxylic acids is 2. The van der Waals surface area contributed by atoms with E-state index in [1.165, 1.54) is 4.90 Å². The first-order chi connectivity index (χ1) is 16.4. The van der Waals surface area contributed by atoms with E-state index in [9.17, 15) is 35.9 Å². The summed E-state index contributed by atoms with van der Waals surface area (Å²) in [6.07, 6.45) is -8.69. The predicted molar refractivity (Wildman–Crippen MR) is 116 cm³/mol. The standard InChI is InChI=1S/C25H24F6N2O2/c26-24(27,28)18-12-17(13-19(14-18)25(29,30)31)23(35)33-11-8-22(32-9-6-20(34)7-10-32)21(15-33)16-4-2-1-3-5-16/h1-5,12-14,21-22H,6-11,15H2/t21-,22-/m1/s1. The van der Waals surface area contributed by atoms with Crippen LogP contribution in [0.5, 0.6) is 0 Å². The third kappa shape index (κ3) is 5.69. The summed E-state index contributed by atoms with van der Waals surface area (Å²) in [4.78, 5) is 28.4. The van der Waals surface area contributed by atoms with Crippen molar-refractivity contribution in [2.75, 3.05) is 26.2 Å². The Morgan fingerprint density at radius 2 is 1.40 bits per heavy atom. The van der Waals surface area contributed by atoms with Gasteiger partial charge in [-0.15, -0.1) is 0 Å². The normalized spacial score (nSPS) is 22.3. The molecule has 4 rings (SSSR count). The molecule has 188 valence electrons. The van der Waals surface area contributed by atoms with Crippen LogP contribution in [0.3, 0.4) is 0 Å². The molecule has 10 heteroatoms. The Balaban J connectivity index is 1.63. The van der Waals surface area contributed by atoms with Gasteiger partial charge in [-0.3, -0.25) is 14.5 Å². The summed E-state index contributed by atoms with van der Waals surface area (Å²) >= 11 is 0. The number of carbonyl (C=O) groups is 2. The van der Waals surface area contributed by atoms with Gasteiger partial charge in [0.25, 0.3) is 5.91 Å². The van der Waals surface area contributed by atoms with Gasteiger partial charge in [0.15, 0.2) is 0 Å². The van der Waals surface area contributed by atoms with Crippen molar-refractivity contribution < 1.29 is 35.9 Å². The highest BCUT2D eigenvalue weighted by Crippen LogP contribution is 2.38. The van der Waals surface area contributed by atoms with Gasteiger partial charge < -0.3 is 4.90 Å². The fourth-order valence-corrected chi connectivity index (χ4v) is 4.96. The Bertz CT molecular complexity index is 1040. The van der Waals surface area contributed by atoms with Gasteiger partial charge in [-0.1, -0.05) is 30.3 Å². The van der Waals surface area contributed by atoms with Crippen LogP contribution in [0, 0.1) is 0 Å². The molecule has 1 amide bonds. The van der Waals surface area contributed by atoms with E-state index in [0.29, 0.717) is 44.5 Å². The summed E-state index contributed by atoms with van der Waals surface area (Å²) in [5.74, 6) is -0.875. The molecule has 0 N–H and O–H groups in total. The molecule has 0 bridgehead atoms. The van der Waals surface area contributed by atoms with Crippen molar-refractivity contribution in [1.82, 2.24) is 9.80 Å². The number of Topliss-reactive ketones (excluding diaryl/α,β-unsaturated/α-hetero) is 1. The van der Waals surface area contributed by atoms with Crippen molar-refractivity contribution in [3.05, 3.63) is 70.8 Å². The summed E-state index contributed by atoms with van der Waals surface area (Å²) in [5.41, 5.74) is -2.74.